The molecule has 0 spiro atoms. The minimum Gasteiger partial charge on any atom is -0.480 e. The summed E-state index contributed by atoms with van der Waals surface area (Å²) >= 11 is 0. The summed E-state index contributed by atoms with van der Waals surface area (Å²) in [7, 11) is 0. The predicted molar refractivity (Wildman–Crippen MR) is 69.3 cm³/mol. The van der Waals surface area contributed by atoms with Crippen molar-refractivity contribution in [3.05, 3.63) is 0 Å². The van der Waals surface area contributed by atoms with Crippen molar-refractivity contribution in [3.8, 4) is 0 Å². The van der Waals surface area contributed by atoms with Crippen LogP contribution in [0.15, 0.2) is 0 Å². The van der Waals surface area contributed by atoms with Crippen molar-refractivity contribution < 1.29 is 14.7 Å². The Morgan fingerprint density at radius 3 is 2.33 bits per heavy atom. The lowest BCUT2D eigenvalue weighted by Crippen LogP contribution is -2.50. The van der Waals surface area contributed by atoms with Crippen LogP contribution in [0.2, 0.25) is 0 Å². The number of carboxylic acid groups (broad SMARTS) is 1. The second kappa shape index (κ2) is 6.73. The van der Waals surface area contributed by atoms with Crippen molar-refractivity contribution in [2.75, 3.05) is 26.2 Å². The van der Waals surface area contributed by atoms with Gasteiger partial charge in [-0.2, -0.15) is 0 Å². The normalized spacial score (nSPS) is 18.3. The molecule has 104 valence electrons. The molecule has 1 heterocycles. The fourth-order valence-corrected chi connectivity index (χ4v) is 2.64. The fraction of sp³-hybridized carbons (Fsp3) is 0.846. The van der Waals surface area contributed by atoms with E-state index in [1.165, 1.54) is 4.90 Å². The molecule has 1 rings (SSSR count). The van der Waals surface area contributed by atoms with Crippen LogP contribution in [0, 0.1) is 5.41 Å². The van der Waals surface area contributed by atoms with Crippen LogP contribution < -0.4 is 5.32 Å². The molecule has 0 aromatic rings. The summed E-state index contributed by atoms with van der Waals surface area (Å²) in [6, 6.07) is 0. The standard InChI is InChI=1S/C13H24N2O3/c1-3-9-15(10-11(16)17)12(18)13(4-2)5-7-14-8-6-13/h14H,3-10H2,1-2H3,(H,16,17). The largest absolute Gasteiger partial charge is 0.480 e. The fourth-order valence-electron chi connectivity index (χ4n) is 2.64. The minimum absolute atomic E-state index is 0.0238. The van der Waals surface area contributed by atoms with E-state index >= 15 is 0 Å². The van der Waals surface area contributed by atoms with Gasteiger partial charge in [0.25, 0.3) is 0 Å². The Labute approximate surface area is 109 Å². The molecule has 1 aliphatic heterocycles. The molecule has 0 radical (unpaired) electrons. The molecular formula is C13H24N2O3. The number of amides is 1. The third kappa shape index (κ3) is 3.45. The van der Waals surface area contributed by atoms with Gasteiger partial charge < -0.3 is 15.3 Å². The van der Waals surface area contributed by atoms with E-state index in [4.69, 9.17) is 5.11 Å². The van der Waals surface area contributed by atoms with Crippen LogP contribution in [0.3, 0.4) is 0 Å². The molecule has 0 aromatic carbocycles. The molecule has 1 fully saturated rings. The Kier molecular flexibility index (Phi) is 5.59. The summed E-state index contributed by atoms with van der Waals surface area (Å²) in [5.41, 5.74) is -0.351. The number of nitrogens with one attached hydrogen (secondary N) is 1. The quantitative estimate of drug-likeness (QED) is 0.746. The molecule has 0 aromatic heterocycles. The maximum absolute atomic E-state index is 12.6. The number of aliphatic carboxylic acids is 1. The third-order valence-corrected chi connectivity index (χ3v) is 3.80. The molecule has 1 amide bonds. The average molecular weight is 256 g/mol. The van der Waals surface area contributed by atoms with Crippen molar-refractivity contribution in [2.24, 2.45) is 5.41 Å². The lowest BCUT2D eigenvalue weighted by molar-refractivity contribution is -0.151. The average Bonchev–Trinajstić information content (AvgIpc) is 2.37. The van der Waals surface area contributed by atoms with Gasteiger partial charge in [-0.25, -0.2) is 0 Å². The molecule has 1 aliphatic rings. The van der Waals surface area contributed by atoms with Crippen molar-refractivity contribution >= 4 is 11.9 Å². The molecule has 0 atom stereocenters. The van der Waals surface area contributed by atoms with E-state index in [-0.39, 0.29) is 17.9 Å². The van der Waals surface area contributed by atoms with Crippen molar-refractivity contribution in [2.45, 2.75) is 39.5 Å². The van der Waals surface area contributed by atoms with E-state index in [2.05, 4.69) is 5.32 Å². The lowest BCUT2D eigenvalue weighted by Gasteiger charge is -2.39. The zero-order valence-electron chi connectivity index (χ0n) is 11.4. The SMILES string of the molecule is CCCN(CC(=O)O)C(=O)C1(CC)CCNCC1. The first-order chi connectivity index (χ1) is 8.55. The van der Waals surface area contributed by atoms with E-state index in [9.17, 15) is 9.59 Å². The first kappa shape index (κ1) is 15.0. The Hall–Kier alpha value is -1.10. The number of nitrogens with zero attached hydrogens (tertiary/aromatic N) is 1. The highest BCUT2D eigenvalue weighted by atomic mass is 16.4. The molecule has 0 aliphatic carbocycles. The van der Waals surface area contributed by atoms with Crippen LogP contribution in [0.5, 0.6) is 0 Å². The van der Waals surface area contributed by atoms with Gasteiger partial charge in [-0.15, -0.1) is 0 Å². The maximum Gasteiger partial charge on any atom is 0.323 e. The van der Waals surface area contributed by atoms with Crippen LogP contribution in [0.4, 0.5) is 0 Å². The number of piperidine rings is 1. The molecule has 0 saturated carbocycles. The minimum atomic E-state index is -0.933. The first-order valence-corrected chi connectivity index (χ1v) is 6.77. The van der Waals surface area contributed by atoms with Crippen LogP contribution in [-0.4, -0.2) is 48.1 Å². The number of carboxylic acids is 1. The van der Waals surface area contributed by atoms with Crippen LogP contribution in [0.25, 0.3) is 0 Å². The van der Waals surface area contributed by atoms with E-state index in [1.54, 1.807) is 0 Å². The summed E-state index contributed by atoms with van der Waals surface area (Å²) in [5, 5.41) is 12.2. The topological polar surface area (TPSA) is 69.6 Å². The number of hydrogen-bond acceptors (Lipinski definition) is 3. The van der Waals surface area contributed by atoms with Crippen molar-refractivity contribution in [3.63, 3.8) is 0 Å². The Balaban J connectivity index is 2.81. The third-order valence-electron chi connectivity index (χ3n) is 3.80. The number of rotatable bonds is 6. The molecule has 0 bridgehead atoms. The van der Waals surface area contributed by atoms with Gasteiger partial charge in [-0.05, 0) is 38.8 Å². The smallest absolute Gasteiger partial charge is 0.323 e. The Bertz CT molecular complexity index is 299. The van der Waals surface area contributed by atoms with Crippen LogP contribution in [-0.2, 0) is 9.59 Å². The second-order valence-corrected chi connectivity index (χ2v) is 5.00. The highest BCUT2D eigenvalue weighted by Crippen LogP contribution is 2.34. The van der Waals surface area contributed by atoms with Gasteiger partial charge in [-0.3, -0.25) is 9.59 Å². The van der Waals surface area contributed by atoms with Gasteiger partial charge in [0.2, 0.25) is 5.91 Å². The zero-order chi connectivity index (χ0) is 13.6. The molecule has 18 heavy (non-hydrogen) atoms. The summed E-state index contributed by atoms with van der Waals surface area (Å²) < 4.78 is 0. The van der Waals surface area contributed by atoms with E-state index < -0.39 is 5.97 Å². The number of carbonyl (C=O) groups excluding carboxylic acids is 1. The van der Waals surface area contributed by atoms with E-state index in [0.29, 0.717) is 6.54 Å². The van der Waals surface area contributed by atoms with Crippen LogP contribution in [0.1, 0.15) is 39.5 Å². The Morgan fingerprint density at radius 2 is 1.89 bits per heavy atom. The number of carbonyl (C=O) groups is 2. The molecule has 0 unspecified atom stereocenters. The molecule has 2 N–H and O–H groups in total. The molecule has 5 heteroatoms. The first-order valence-electron chi connectivity index (χ1n) is 6.77. The van der Waals surface area contributed by atoms with E-state index in [1.807, 2.05) is 13.8 Å². The summed E-state index contributed by atoms with van der Waals surface area (Å²) in [6.45, 7) is 6.01. The van der Waals surface area contributed by atoms with Gasteiger partial charge in [-0.1, -0.05) is 13.8 Å². The maximum atomic E-state index is 12.6. The summed E-state index contributed by atoms with van der Waals surface area (Å²) in [4.78, 5) is 25.0. The van der Waals surface area contributed by atoms with Gasteiger partial charge in [0.15, 0.2) is 0 Å². The predicted octanol–water partition coefficient (Wildman–Crippen LogP) is 1.09. The highest BCUT2D eigenvalue weighted by molar-refractivity contribution is 5.86. The monoisotopic (exact) mass is 256 g/mol. The molecule has 1 saturated heterocycles. The molecule has 5 nitrogen and oxygen atoms in total. The zero-order valence-corrected chi connectivity index (χ0v) is 11.4. The summed E-state index contributed by atoms with van der Waals surface area (Å²) in [6.07, 6.45) is 3.19. The van der Waals surface area contributed by atoms with Gasteiger partial charge in [0.05, 0.1) is 5.41 Å². The van der Waals surface area contributed by atoms with E-state index in [0.717, 1.165) is 38.8 Å². The van der Waals surface area contributed by atoms with Gasteiger partial charge in [0.1, 0.15) is 6.54 Å². The number of hydrogen-bond donors (Lipinski definition) is 2. The van der Waals surface area contributed by atoms with Gasteiger partial charge in [0, 0.05) is 6.54 Å². The second-order valence-electron chi connectivity index (χ2n) is 5.00. The van der Waals surface area contributed by atoms with Gasteiger partial charge >= 0.3 is 5.97 Å². The van der Waals surface area contributed by atoms with Crippen molar-refractivity contribution in [1.82, 2.24) is 10.2 Å². The lowest BCUT2D eigenvalue weighted by atomic mass is 9.75. The molecular weight excluding hydrogens is 232 g/mol. The highest BCUT2D eigenvalue weighted by Gasteiger charge is 2.40. The Morgan fingerprint density at radius 1 is 1.28 bits per heavy atom. The van der Waals surface area contributed by atoms with Crippen LogP contribution >= 0.6 is 0 Å². The van der Waals surface area contributed by atoms with Crippen molar-refractivity contribution in [1.29, 1.82) is 0 Å². The summed E-state index contributed by atoms with van der Waals surface area (Å²) in [5.74, 6) is -0.910.